The summed E-state index contributed by atoms with van der Waals surface area (Å²) in [5.41, 5.74) is 35.9. The van der Waals surface area contributed by atoms with E-state index in [0.717, 1.165) is 83.5 Å². The van der Waals surface area contributed by atoms with E-state index >= 15 is 0 Å². The predicted octanol–water partition coefficient (Wildman–Crippen LogP) is 25.1. The van der Waals surface area contributed by atoms with Crippen molar-refractivity contribution in [3.8, 4) is 168 Å². The van der Waals surface area contributed by atoms with Gasteiger partial charge in [-0.25, -0.2) is 29.9 Å². The number of rotatable bonds is 11. The lowest BCUT2D eigenvalue weighted by molar-refractivity contribution is 0.794. The fourth-order valence-corrected chi connectivity index (χ4v) is 18.3. The largest absolute Gasteiger partial charge is 0.208 e. The summed E-state index contributed by atoms with van der Waals surface area (Å²) < 4.78 is 0. The second-order valence-corrected chi connectivity index (χ2v) is 29.1. The van der Waals surface area contributed by atoms with Crippen LogP contribution in [0.4, 0.5) is 0 Å². The highest BCUT2D eigenvalue weighted by Crippen LogP contribution is 2.65. The fourth-order valence-electron chi connectivity index (χ4n) is 18.3. The third kappa shape index (κ3) is 9.76. The molecule has 6 nitrogen and oxygen atoms in total. The number of aromatic nitrogens is 6. The Labute approximate surface area is 637 Å². The van der Waals surface area contributed by atoms with E-state index in [4.69, 9.17) is 29.9 Å². The standard InChI is InChI=1S/C104H64N6/c1-5-24-69(25-6-1)97-105-98(70-26-7-2-8-27-70)108-101(107-97)78-33-23-32-73(60-78)65-44-46-66(47-45-65)76-54-58-86-87-59-55-77(64-96(87)104(95(86)63-76)92-42-21-15-36-82(92)83-37-16-22-43-93(83)104)74-52-56-79(88(61-74)102-109-99(71-28-9-3-10-29-71)106-100(110-102)72-30-11-4-12-31-72)68-50-48-67(49-51-68)75-53-57-85-84-38-17-20-41-91(84)103(94(85)62-75)89-39-18-13-34-80(89)81-35-14-19-40-90(81)103/h1-64H. The van der Waals surface area contributed by atoms with Crippen molar-refractivity contribution in [2.75, 3.05) is 0 Å². The zero-order valence-corrected chi connectivity index (χ0v) is 59.6. The Bertz CT molecular complexity index is 6530. The molecule has 0 amide bonds. The van der Waals surface area contributed by atoms with Crippen LogP contribution in [0.2, 0.25) is 0 Å². The van der Waals surface area contributed by atoms with Crippen LogP contribution in [0.15, 0.2) is 388 Å². The summed E-state index contributed by atoms with van der Waals surface area (Å²) in [6.45, 7) is 0. The molecule has 0 N–H and O–H groups in total. The lowest BCUT2D eigenvalue weighted by Crippen LogP contribution is -2.26. The molecular formula is C104H64N6. The monoisotopic (exact) mass is 1400 g/mol. The van der Waals surface area contributed by atoms with Crippen molar-refractivity contribution in [2.45, 2.75) is 10.8 Å². The van der Waals surface area contributed by atoms with E-state index in [1.807, 2.05) is 97.1 Å². The molecule has 0 radical (unpaired) electrons. The molecule has 0 unspecified atom stereocenters. The van der Waals surface area contributed by atoms with Crippen LogP contribution in [0.25, 0.3) is 168 Å². The van der Waals surface area contributed by atoms with Crippen LogP contribution >= 0.6 is 0 Å². The van der Waals surface area contributed by atoms with Crippen LogP contribution in [0.5, 0.6) is 0 Å². The molecule has 22 rings (SSSR count). The molecule has 0 saturated heterocycles. The Morgan fingerprint density at radius 3 is 0.700 bits per heavy atom. The van der Waals surface area contributed by atoms with Gasteiger partial charge in [0.25, 0.3) is 0 Å². The van der Waals surface area contributed by atoms with Gasteiger partial charge in [-0.1, -0.05) is 358 Å². The van der Waals surface area contributed by atoms with E-state index in [9.17, 15) is 0 Å². The predicted molar refractivity (Wildman–Crippen MR) is 446 cm³/mol. The zero-order chi connectivity index (χ0) is 72.4. The van der Waals surface area contributed by atoms with E-state index in [2.05, 4.69) is 291 Å². The van der Waals surface area contributed by atoms with Gasteiger partial charge in [-0.15, -0.1) is 0 Å². The van der Waals surface area contributed by atoms with Crippen molar-refractivity contribution in [1.82, 2.24) is 29.9 Å². The van der Waals surface area contributed by atoms with Gasteiger partial charge in [-0.3, -0.25) is 0 Å². The van der Waals surface area contributed by atoms with E-state index in [1.54, 1.807) is 0 Å². The van der Waals surface area contributed by atoms with Gasteiger partial charge in [0.05, 0.1) is 10.8 Å². The van der Waals surface area contributed by atoms with Crippen LogP contribution in [-0.2, 0) is 10.8 Å². The quantitative estimate of drug-likeness (QED) is 0.128. The van der Waals surface area contributed by atoms with Gasteiger partial charge in [0.1, 0.15) is 0 Å². The molecule has 4 aliphatic rings. The van der Waals surface area contributed by atoms with Gasteiger partial charge in [0, 0.05) is 33.4 Å². The van der Waals surface area contributed by atoms with Gasteiger partial charge in [0.15, 0.2) is 34.9 Å². The molecule has 0 fully saturated rings. The molecule has 0 bridgehead atoms. The number of fused-ring (bicyclic) bond motifs is 20. The third-order valence-electron chi connectivity index (χ3n) is 23.3. The number of hydrogen-bond acceptors (Lipinski definition) is 6. The SMILES string of the molecule is c1ccc(-c2nc(-c3ccccc3)nc(-c3cccc(-c4ccc(-c5ccc6c(c5)C5(c7ccccc7-c7ccccc75)c5cc(-c7ccc(-c8ccc(-c9ccc%10c(c9)C9(c%11ccccc%11-c%11ccccc%119)c9ccccc9-%10)cc8)c(-c8nc(-c9ccccc9)nc(-c9ccccc9)n8)c7)ccc5-6)cc4)c3)n2)cc1. The first-order valence-electron chi connectivity index (χ1n) is 37.6. The summed E-state index contributed by atoms with van der Waals surface area (Å²) >= 11 is 0. The Morgan fingerprint density at radius 1 is 0.118 bits per heavy atom. The highest BCUT2D eigenvalue weighted by molar-refractivity contribution is 5.99. The summed E-state index contributed by atoms with van der Waals surface area (Å²) in [6, 6.07) is 141. The summed E-state index contributed by atoms with van der Waals surface area (Å²) in [5.74, 6) is 3.69. The minimum Gasteiger partial charge on any atom is -0.208 e. The molecule has 2 aromatic heterocycles. The molecule has 0 saturated carbocycles. The number of benzene rings is 16. The number of nitrogens with zero attached hydrogens (tertiary/aromatic N) is 6. The van der Waals surface area contributed by atoms with E-state index < -0.39 is 10.8 Å². The lowest BCUT2D eigenvalue weighted by atomic mass is 9.70. The minimum atomic E-state index is -0.636. The molecule has 510 valence electrons. The Morgan fingerprint density at radius 2 is 0.345 bits per heavy atom. The second-order valence-electron chi connectivity index (χ2n) is 29.1. The van der Waals surface area contributed by atoms with Gasteiger partial charge >= 0.3 is 0 Å². The lowest BCUT2D eigenvalue weighted by Gasteiger charge is -2.31. The molecule has 0 aliphatic heterocycles. The molecule has 0 atom stereocenters. The van der Waals surface area contributed by atoms with Gasteiger partial charge in [0.2, 0.25) is 0 Å². The van der Waals surface area contributed by atoms with Crippen LogP contribution in [0.3, 0.4) is 0 Å². The summed E-state index contributed by atoms with van der Waals surface area (Å²) in [4.78, 5) is 31.2. The van der Waals surface area contributed by atoms with Crippen LogP contribution in [0, 0.1) is 0 Å². The summed E-state index contributed by atoms with van der Waals surface area (Å²) in [5, 5.41) is 0. The van der Waals surface area contributed by atoms with E-state index in [-0.39, 0.29) is 0 Å². The smallest absolute Gasteiger partial charge is 0.164 e. The molecular weight excluding hydrogens is 1330 g/mol. The molecule has 16 aromatic carbocycles. The van der Waals surface area contributed by atoms with E-state index in [1.165, 1.54) is 94.6 Å². The maximum Gasteiger partial charge on any atom is 0.164 e. The normalized spacial score (nSPS) is 13.1. The average molecular weight is 1400 g/mol. The Balaban J connectivity index is 0.658. The first-order chi connectivity index (χ1) is 54.5. The molecule has 6 heteroatoms. The zero-order valence-electron chi connectivity index (χ0n) is 59.6. The maximum absolute atomic E-state index is 5.46. The first-order valence-corrected chi connectivity index (χ1v) is 37.6. The van der Waals surface area contributed by atoms with Crippen molar-refractivity contribution in [3.63, 3.8) is 0 Å². The topological polar surface area (TPSA) is 77.3 Å². The minimum absolute atomic E-state index is 0.443. The number of hydrogen-bond donors (Lipinski definition) is 0. The Kier molecular flexibility index (Phi) is 14.3. The van der Waals surface area contributed by atoms with Crippen molar-refractivity contribution < 1.29 is 0 Å². The van der Waals surface area contributed by atoms with Gasteiger partial charge in [-0.2, -0.15) is 0 Å². The summed E-state index contributed by atoms with van der Waals surface area (Å²) in [7, 11) is 0. The van der Waals surface area contributed by atoms with Crippen molar-refractivity contribution in [3.05, 3.63) is 433 Å². The average Bonchev–Trinajstić information content (AvgIpc) is 1.51. The van der Waals surface area contributed by atoms with Gasteiger partial charge < -0.3 is 0 Å². The van der Waals surface area contributed by atoms with Crippen molar-refractivity contribution in [2.24, 2.45) is 0 Å². The highest BCUT2D eigenvalue weighted by Gasteiger charge is 2.53. The Hall–Kier alpha value is -14.5. The van der Waals surface area contributed by atoms with Gasteiger partial charge in [-0.05, 0) is 175 Å². The van der Waals surface area contributed by atoms with Crippen LogP contribution in [0.1, 0.15) is 44.5 Å². The highest BCUT2D eigenvalue weighted by atomic mass is 15.0. The van der Waals surface area contributed by atoms with Crippen molar-refractivity contribution >= 4 is 0 Å². The summed E-state index contributed by atoms with van der Waals surface area (Å²) in [6.07, 6.45) is 0. The van der Waals surface area contributed by atoms with Crippen molar-refractivity contribution in [1.29, 1.82) is 0 Å². The maximum atomic E-state index is 5.46. The molecule has 4 aliphatic carbocycles. The van der Waals surface area contributed by atoms with E-state index in [0.29, 0.717) is 34.9 Å². The molecule has 2 heterocycles. The first kappa shape index (κ1) is 62.9. The fraction of sp³-hybridized carbons (Fsp3) is 0.0192. The third-order valence-corrected chi connectivity index (χ3v) is 23.3. The van der Waals surface area contributed by atoms with Crippen LogP contribution < -0.4 is 0 Å². The second kappa shape index (κ2) is 25.1. The molecule has 110 heavy (non-hydrogen) atoms. The van der Waals surface area contributed by atoms with Crippen LogP contribution in [-0.4, -0.2) is 29.9 Å². The molecule has 18 aromatic rings. The molecule has 2 spiro atoms.